The summed E-state index contributed by atoms with van der Waals surface area (Å²) in [6.45, 7) is 1.04. The number of benzene rings is 3. The monoisotopic (exact) mass is 416 g/mol. The molecule has 0 aliphatic carbocycles. The third-order valence-corrected chi connectivity index (χ3v) is 6.41. The minimum absolute atomic E-state index is 0.358. The number of piperidine rings is 1. The van der Waals surface area contributed by atoms with Gasteiger partial charge in [-0.05, 0) is 55.0 Å². The number of fused-ring (bicyclic) bond motifs is 3. The molecule has 4 aromatic rings. The number of aliphatic hydroxyl groups is 1. The van der Waals surface area contributed by atoms with Crippen LogP contribution in [0.4, 0.5) is 0 Å². The topological polar surface area (TPSA) is 45.1 Å². The van der Waals surface area contributed by atoms with Crippen LogP contribution in [0.5, 0.6) is 0 Å². The predicted octanol–water partition coefficient (Wildman–Crippen LogP) is 6.27. The Morgan fingerprint density at radius 2 is 1.83 bits per heavy atom. The number of hydrogen-bond donors (Lipinski definition) is 2. The van der Waals surface area contributed by atoms with Crippen molar-refractivity contribution in [3.8, 4) is 11.3 Å². The van der Waals surface area contributed by atoms with Crippen LogP contribution in [-0.2, 0) is 0 Å². The van der Waals surface area contributed by atoms with Gasteiger partial charge in [-0.1, -0.05) is 66.6 Å². The van der Waals surface area contributed by atoms with Crippen LogP contribution in [-0.4, -0.2) is 22.7 Å². The number of aliphatic hydroxyl groups excluding tert-OH is 1. The van der Waals surface area contributed by atoms with Gasteiger partial charge >= 0.3 is 0 Å². The van der Waals surface area contributed by atoms with E-state index in [2.05, 4.69) is 29.6 Å². The minimum atomic E-state index is -0.543. The van der Waals surface area contributed by atoms with E-state index in [1.807, 2.05) is 42.5 Å². The summed E-state index contributed by atoms with van der Waals surface area (Å²) in [7, 11) is 0. The molecule has 0 spiro atoms. The van der Waals surface area contributed by atoms with Crippen molar-refractivity contribution in [2.45, 2.75) is 37.8 Å². The minimum Gasteiger partial charge on any atom is -0.388 e. The van der Waals surface area contributed by atoms with Crippen LogP contribution in [0.25, 0.3) is 32.9 Å². The molecule has 1 fully saturated rings. The number of hydrogen-bond acceptors (Lipinski definition) is 3. The second-order valence-corrected chi connectivity index (χ2v) is 8.62. The van der Waals surface area contributed by atoms with Crippen molar-refractivity contribution in [1.29, 1.82) is 0 Å². The summed E-state index contributed by atoms with van der Waals surface area (Å²) in [6.07, 6.45) is 3.73. The molecule has 1 aliphatic heterocycles. The third-order valence-electron chi connectivity index (χ3n) is 6.16. The van der Waals surface area contributed by atoms with Gasteiger partial charge in [-0.15, -0.1) is 0 Å². The summed E-state index contributed by atoms with van der Waals surface area (Å²) in [5.41, 5.74) is 3.74. The quantitative estimate of drug-likeness (QED) is 0.385. The smallest absolute Gasteiger partial charge is 0.0812 e. The van der Waals surface area contributed by atoms with Gasteiger partial charge in [-0.25, -0.2) is 4.98 Å². The number of pyridine rings is 1. The van der Waals surface area contributed by atoms with Gasteiger partial charge in [0.1, 0.15) is 0 Å². The van der Waals surface area contributed by atoms with E-state index in [0.717, 1.165) is 51.5 Å². The third kappa shape index (κ3) is 3.81. The molecule has 0 saturated carbocycles. The molecule has 1 saturated heterocycles. The molecule has 1 aromatic heterocycles. The van der Waals surface area contributed by atoms with Crippen molar-refractivity contribution in [2.75, 3.05) is 6.54 Å². The molecule has 0 amide bonds. The lowest BCUT2D eigenvalue weighted by atomic mass is 9.92. The molecule has 5 rings (SSSR count). The van der Waals surface area contributed by atoms with E-state index in [-0.39, 0.29) is 0 Å². The lowest BCUT2D eigenvalue weighted by Gasteiger charge is -2.26. The Morgan fingerprint density at radius 3 is 2.63 bits per heavy atom. The molecule has 3 aromatic carbocycles. The second-order valence-electron chi connectivity index (χ2n) is 8.18. The number of nitrogens with zero attached hydrogens (tertiary/aromatic N) is 1. The van der Waals surface area contributed by atoms with Gasteiger partial charge in [0.25, 0.3) is 0 Å². The number of aromatic nitrogens is 1. The summed E-state index contributed by atoms with van der Waals surface area (Å²) >= 11 is 6.10. The van der Waals surface area contributed by atoms with Gasteiger partial charge < -0.3 is 10.4 Å². The fraction of sp³-hybridized carbons (Fsp3) is 0.269. The molecular weight excluding hydrogens is 392 g/mol. The summed E-state index contributed by atoms with van der Waals surface area (Å²) in [4.78, 5) is 5.02. The van der Waals surface area contributed by atoms with Gasteiger partial charge in [0.15, 0.2) is 0 Å². The maximum Gasteiger partial charge on any atom is 0.0812 e. The summed E-state index contributed by atoms with van der Waals surface area (Å²) < 4.78 is 0. The SMILES string of the molecule is OC(CC1CCCCN1)c1cc(-c2ccc(Cl)cc2)nc2c1ccc1ccccc12. The Bertz CT molecular complexity index is 1180. The van der Waals surface area contributed by atoms with E-state index in [9.17, 15) is 5.11 Å². The van der Waals surface area contributed by atoms with Crippen molar-refractivity contribution < 1.29 is 5.11 Å². The molecule has 0 bridgehead atoms. The van der Waals surface area contributed by atoms with E-state index < -0.39 is 6.10 Å². The van der Waals surface area contributed by atoms with Crippen molar-refractivity contribution in [3.05, 3.63) is 77.3 Å². The average molecular weight is 417 g/mol. The summed E-state index contributed by atoms with van der Waals surface area (Å²) in [5, 5.41) is 18.8. The summed E-state index contributed by atoms with van der Waals surface area (Å²) in [5.74, 6) is 0. The van der Waals surface area contributed by atoms with Crippen LogP contribution in [0.3, 0.4) is 0 Å². The molecule has 2 N–H and O–H groups in total. The Hall–Kier alpha value is -2.46. The highest BCUT2D eigenvalue weighted by Gasteiger charge is 2.21. The summed E-state index contributed by atoms with van der Waals surface area (Å²) in [6, 6.07) is 22.7. The molecule has 2 heterocycles. The van der Waals surface area contributed by atoms with E-state index in [1.54, 1.807) is 0 Å². The van der Waals surface area contributed by atoms with Gasteiger partial charge in [0.05, 0.1) is 17.3 Å². The number of rotatable bonds is 4. The standard InChI is InChI=1S/C26H25ClN2O/c27-19-11-8-18(9-12-19)24-16-23(25(30)15-20-6-3-4-14-28-20)22-13-10-17-5-1-2-7-21(17)26(22)29-24/h1-2,5,7-13,16,20,25,28,30H,3-4,6,14-15H2. The number of nitrogens with one attached hydrogen (secondary N) is 1. The largest absolute Gasteiger partial charge is 0.388 e. The maximum absolute atomic E-state index is 11.3. The van der Waals surface area contributed by atoms with Crippen molar-refractivity contribution in [1.82, 2.24) is 10.3 Å². The highest BCUT2D eigenvalue weighted by molar-refractivity contribution is 6.30. The Morgan fingerprint density at radius 1 is 1.00 bits per heavy atom. The van der Waals surface area contributed by atoms with Crippen LogP contribution in [0.2, 0.25) is 5.02 Å². The van der Waals surface area contributed by atoms with Gasteiger partial charge in [-0.2, -0.15) is 0 Å². The zero-order valence-corrected chi connectivity index (χ0v) is 17.6. The molecule has 4 heteroatoms. The lowest BCUT2D eigenvalue weighted by molar-refractivity contribution is 0.146. The van der Waals surface area contributed by atoms with E-state index in [0.29, 0.717) is 17.5 Å². The molecule has 30 heavy (non-hydrogen) atoms. The van der Waals surface area contributed by atoms with Gasteiger partial charge in [0, 0.05) is 27.4 Å². The lowest BCUT2D eigenvalue weighted by Crippen LogP contribution is -2.35. The fourth-order valence-electron chi connectivity index (χ4n) is 4.55. The molecular formula is C26H25ClN2O. The van der Waals surface area contributed by atoms with Crippen LogP contribution >= 0.6 is 11.6 Å². The molecule has 2 unspecified atom stereocenters. The van der Waals surface area contributed by atoms with E-state index >= 15 is 0 Å². The first kappa shape index (κ1) is 19.5. The highest BCUT2D eigenvalue weighted by Crippen LogP contribution is 2.35. The zero-order chi connectivity index (χ0) is 20.5. The Labute approximate surface area is 181 Å². The highest BCUT2D eigenvalue weighted by atomic mass is 35.5. The zero-order valence-electron chi connectivity index (χ0n) is 16.8. The Kier molecular flexibility index (Phi) is 5.43. The maximum atomic E-state index is 11.3. The van der Waals surface area contributed by atoms with Crippen LogP contribution in [0, 0.1) is 0 Å². The van der Waals surface area contributed by atoms with Crippen LogP contribution in [0.1, 0.15) is 37.4 Å². The van der Waals surface area contributed by atoms with Crippen molar-refractivity contribution in [2.24, 2.45) is 0 Å². The molecule has 0 radical (unpaired) electrons. The van der Waals surface area contributed by atoms with E-state index in [4.69, 9.17) is 16.6 Å². The van der Waals surface area contributed by atoms with Crippen LogP contribution in [0.15, 0.2) is 66.7 Å². The van der Waals surface area contributed by atoms with Gasteiger partial charge in [0.2, 0.25) is 0 Å². The van der Waals surface area contributed by atoms with Gasteiger partial charge in [-0.3, -0.25) is 0 Å². The second kappa shape index (κ2) is 8.35. The Balaban J connectivity index is 1.67. The van der Waals surface area contributed by atoms with E-state index in [1.165, 1.54) is 12.8 Å². The normalized spacial score (nSPS) is 18.0. The predicted molar refractivity (Wildman–Crippen MR) is 125 cm³/mol. The first-order valence-corrected chi connectivity index (χ1v) is 11.1. The first-order valence-electron chi connectivity index (χ1n) is 10.7. The van der Waals surface area contributed by atoms with Crippen molar-refractivity contribution in [3.63, 3.8) is 0 Å². The fourth-order valence-corrected chi connectivity index (χ4v) is 4.68. The molecule has 152 valence electrons. The van der Waals surface area contributed by atoms with Crippen molar-refractivity contribution >= 4 is 33.3 Å². The molecule has 2 atom stereocenters. The average Bonchev–Trinajstić information content (AvgIpc) is 2.79. The molecule has 1 aliphatic rings. The number of halogens is 1. The van der Waals surface area contributed by atoms with Crippen LogP contribution < -0.4 is 5.32 Å². The first-order chi connectivity index (χ1) is 14.7. The molecule has 3 nitrogen and oxygen atoms in total.